The van der Waals surface area contributed by atoms with Gasteiger partial charge in [-0.3, -0.25) is 4.79 Å². The lowest BCUT2D eigenvalue weighted by molar-refractivity contribution is -0.121. The smallest absolute Gasteiger partial charge is 0.220 e. The van der Waals surface area contributed by atoms with E-state index in [4.69, 9.17) is 9.84 Å². The van der Waals surface area contributed by atoms with E-state index in [0.29, 0.717) is 26.2 Å². The monoisotopic (exact) mass is 245 g/mol. The van der Waals surface area contributed by atoms with Crippen LogP contribution in [0.5, 0.6) is 0 Å². The summed E-state index contributed by atoms with van der Waals surface area (Å²) in [5.41, 5.74) is 0. The molecule has 0 aliphatic rings. The van der Waals surface area contributed by atoms with E-state index in [9.17, 15) is 4.79 Å². The summed E-state index contributed by atoms with van der Waals surface area (Å²) in [4.78, 5) is 11.4. The Morgan fingerprint density at radius 1 is 1.24 bits per heavy atom. The van der Waals surface area contributed by atoms with Crippen LogP contribution in [-0.4, -0.2) is 37.4 Å². The number of amides is 1. The number of ether oxygens (including phenoxy) is 1. The zero-order chi connectivity index (χ0) is 12.9. The van der Waals surface area contributed by atoms with Gasteiger partial charge < -0.3 is 15.2 Å². The van der Waals surface area contributed by atoms with Crippen LogP contribution in [0.1, 0.15) is 46.0 Å². The van der Waals surface area contributed by atoms with Crippen molar-refractivity contribution in [3.63, 3.8) is 0 Å². The van der Waals surface area contributed by atoms with E-state index < -0.39 is 0 Å². The maximum absolute atomic E-state index is 11.4. The molecule has 0 bridgehead atoms. The standard InChI is InChI=1S/C13H27NO3/c1-12(2)6-4-3-5-7-13(16)14-8-10-17-11-9-15/h12,15H,3-11H2,1-2H3,(H,14,16). The highest BCUT2D eigenvalue weighted by Gasteiger charge is 2.00. The lowest BCUT2D eigenvalue weighted by atomic mass is 10.0. The second-order valence-electron chi connectivity index (χ2n) is 4.68. The van der Waals surface area contributed by atoms with E-state index in [-0.39, 0.29) is 12.5 Å². The van der Waals surface area contributed by atoms with Crippen LogP contribution in [0.4, 0.5) is 0 Å². The van der Waals surface area contributed by atoms with Crippen molar-refractivity contribution in [1.82, 2.24) is 5.32 Å². The maximum Gasteiger partial charge on any atom is 0.220 e. The fraction of sp³-hybridized carbons (Fsp3) is 0.923. The fourth-order valence-corrected chi connectivity index (χ4v) is 1.53. The molecule has 102 valence electrons. The number of rotatable bonds is 11. The number of hydrogen-bond acceptors (Lipinski definition) is 3. The first-order chi connectivity index (χ1) is 8.16. The van der Waals surface area contributed by atoms with Crippen LogP contribution in [0.25, 0.3) is 0 Å². The molecule has 0 aliphatic carbocycles. The van der Waals surface area contributed by atoms with E-state index in [0.717, 1.165) is 18.8 Å². The van der Waals surface area contributed by atoms with Crippen molar-refractivity contribution in [1.29, 1.82) is 0 Å². The zero-order valence-corrected chi connectivity index (χ0v) is 11.2. The largest absolute Gasteiger partial charge is 0.394 e. The number of aliphatic hydroxyl groups excluding tert-OH is 1. The minimum absolute atomic E-state index is 0.0315. The Morgan fingerprint density at radius 2 is 2.00 bits per heavy atom. The van der Waals surface area contributed by atoms with Gasteiger partial charge in [0.15, 0.2) is 0 Å². The molecule has 0 spiro atoms. The molecule has 0 unspecified atom stereocenters. The van der Waals surface area contributed by atoms with Crippen LogP contribution in [0.3, 0.4) is 0 Å². The summed E-state index contributed by atoms with van der Waals surface area (Å²) >= 11 is 0. The van der Waals surface area contributed by atoms with Crippen LogP contribution in [-0.2, 0) is 9.53 Å². The van der Waals surface area contributed by atoms with Crippen LogP contribution in [0.2, 0.25) is 0 Å². The molecule has 4 heteroatoms. The van der Waals surface area contributed by atoms with Gasteiger partial charge in [0.1, 0.15) is 0 Å². The molecule has 4 nitrogen and oxygen atoms in total. The van der Waals surface area contributed by atoms with Gasteiger partial charge in [-0.05, 0) is 12.3 Å². The van der Waals surface area contributed by atoms with Gasteiger partial charge in [0, 0.05) is 13.0 Å². The molecular weight excluding hydrogens is 218 g/mol. The molecule has 17 heavy (non-hydrogen) atoms. The first-order valence-corrected chi connectivity index (χ1v) is 6.62. The van der Waals surface area contributed by atoms with Crippen molar-refractivity contribution in [3.8, 4) is 0 Å². The van der Waals surface area contributed by atoms with Crippen molar-refractivity contribution in [2.24, 2.45) is 5.92 Å². The summed E-state index contributed by atoms with van der Waals surface area (Å²) in [6.07, 6.45) is 5.17. The summed E-state index contributed by atoms with van der Waals surface area (Å²) in [6, 6.07) is 0. The molecule has 0 saturated heterocycles. The highest BCUT2D eigenvalue weighted by Crippen LogP contribution is 2.09. The average molecular weight is 245 g/mol. The molecule has 0 aliphatic heterocycles. The molecule has 0 fully saturated rings. The lowest BCUT2D eigenvalue weighted by Crippen LogP contribution is -2.27. The van der Waals surface area contributed by atoms with Gasteiger partial charge in [-0.15, -0.1) is 0 Å². The van der Waals surface area contributed by atoms with Gasteiger partial charge in [0.2, 0.25) is 5.91 Å². The lowest BCUT2D eigenvalue weighted by Gasteiger charge is -2.06. The molecule has 0 heterocycles. The molecular formula is C13H27NO3. The Kier molecular flexibility index (Phi) is 11.4. The highest BCUT2D eigenvalue weighted by atomic mass is 16.5. The fourth-order valence-electron chi connectivity index (χ4n) is 1.53. The number of hydrogen-bond donors (Lipinski definition) is 2. The summed E-state index contributed by atoms with van der Waals surface area (Å²) < 4.78 is 5.04. The van der Waals surface area contributed by atoms with E-state index in [1.165, 1.54) is 12.8 Å². The quantitative estimate of drug-likeness (QED) is 0.545. The van der Waals surface area contributed by atoms with Crippen molar-refractivity contribution in [2.45, 2.75) is 46.0 Å². The Balaban J connectivity index is 3.18. The second kappa shape index (κ2) is 11.9. The maximum atomic E-state index is 11.4. The van der Waals surface area contributed by atoms with Gasteiger partial charge in [-0.1, -0.05) is 33.1 Å². The number of aliphatic hydroxyl groups is 1. The topological polar surface area (TPSA) is 58.6 Å². The van der Waals surface area contributed by atoms with Crippen molar-refractivity contribution < 1.29 is 14.6 Å². The third kappa shape index (κ3) is 13.3. The molecule has 0 aromatic heterocycles. The molecule has 0 aromatic rings. The van der Waals surface area contributed by atoms with Crippen molar-refractivity contribution >= 4 is 5.91 Å². The highest BCUT2D eigenvalue weighted by molar-refractivity contribution is 5.75. The second-order valence-corrected chi connectivity index (χ2v) is 4.68. The number of unbranched alkanes of at least 4 members (excludes halogenated alkanes) is 2. The summed E-state index contributed by atoms with van der Waals surface area (Å²) in [5, 5.41) is 11.3. The van der Waals surface area contributed by atoms with Crippen LogP contribution >= 0.6 is 0 Å². The van der Waals surface area contributed by atoms with E-state index in [1.54, 1.807) is 0 Å². The van der Waals surface area contributed by atoms with Gasteiger partial charge in [0.05, 0.1) is 19.8 Å². The van der Waals surface area contributed by atoms with Crippen LogP contribution in [0.15, 0.2) is 0 Å². The van der Waals surface area contributed by atoms with E-state index >= 15 is 0 Å². The Bertz CT molecular complexity index is 184. The van der Waals surface area contributed by atoms with E-state index in [2.05, 4.69) is 19.2 Å². The molecule has 1 amide bonds. The molecule has 0 aromatic carbocycles. The van der Waals surface area contributed by atoms with Crippen molar-refractivity contribution in [3.05, 3.63) is 0 Å². The SMILES string of the molecule is CC(C)CCCCCC(=O)NCCOCCO. The average Bonchev–Trinajstić information content (AvgIpc) is 2.28. The van der Waals surface area contributed by atoms with Gasteiger partial charge in [-0.25, -0.2) is 0 Å². The predicted octanol–water partition coefficient (Wildman–Crippen LogP) is 1.72. The van der Waals surface area contributed by atoms with Gasteiger partial charge in [0.25, 0.3) is 0 Å². The summed E-state index contributed by atoms with van der Waals surface area (Å²) in [7, 11) is 0. The number of carbonyl (C=O) groups is 1. The normalized spacial score (nSPS) is 10.8. The molecule has 0 radical (unpaired) electrons. The first kappa shape index (κ1) is 16.4. The van der Waals surface area contributed by atoms with Crippen LogP contribution < -0.4 is 5.32 Å². The molecule has 0 rings (SSSR count). The van der Waals surface area contributed by atoms with Crippen molar-refractivity contribution in [2.75, 3.05) is 26.4 Å². The third-order valence-corrected chi connectivity index (χ3v) is 2.49. The number of nitrogens with one attached hydrogen (secondary N) is 1. The Hall–Kier alpha value is -0.610. The van der Waals surface area contributed by atoms with Crippen LogP contribution in [0, 0.1) is 5.92 Å². The summed E-state index contributed by atoms with van der Waals surface area (Å²) in [6.45, 7) is 5.82. The zero-order valence-electron chi connectivity index (χ0n) is 11.2. The third-order valence-electron chi connectivity index (χ3n) is 2.49. The molecule has 2 N–H and O–H groups in total. The minimum Gasteiger partial charge on any atom is -0.394 e. The first-order valence-electron chi connectivity index (χ1n) is 6.62. The van der Waals surface area contributed by atoms with Gasteiger partial charge >= 0.3 is 0 Å². The molecule has 0 atom stereocenters. The Labute approximate surface area is 105 Å². The molecule has 0 saturated carbocycles. The minimum atomic E-state index is 0.0315. The van der Waals surface area contributed by atoms with Gasteiger partial charge in [-0.2, -0.15) is 0 Å². The summed E-state index contributed by atoms with van der Waals surface area (Å²) in [5.74, 6) is 0.856. The number of carbonyl (C=O) groups excluding carboxylic acids is 1. The van der Waals surface area contributed by atoms with E-state index in [1.807, 2.05) is 0 Å². The Morgan fingerprint density at radius 3 is 2.65 bits per heavy atom. The predicted molar refractivity (Wildman–Crippen MR) is 68.8 cm³/mol.